The van der Waals surface area contributed by atoms with Gasteiger partial charge in [0.25, 0.3) is 0 Å². The smallest absolute Gasteiger partial charge is 0.123 e. The van der Waals surface area contributed by atoms with Crippen molar-refractivity contribution in [2.75, 3.05) is 13.2 Å². The van der Waals surface area contributed by atoms with Crippen LogP contribution in [0.25, 0.3) is 0 Å². The molecule has 3 rings (SSSR count). The van der Waals surface area contributed by atoms with Gasteiger partial charge in [-0.05, 0) is 67.6 Å². The molecule has 168 valence electrons. The molecule has 0 aromatic heterocycles. The average Bonchev–Trinajstić information content (AvgIpc) is 2.76. The highest BCUT2D eigenvalue weighted by molar-refractivity contribution is 5.27. The molecule has 2 aromatic carbocycles. The van der Waals surface area contributed by atoms with Gasteiger partial charge in [0.05, 0.1) is 12.4 Å². The third-order valence-electron chi connectivity index (χ3n) is 5.65. The molecule has 1 fully saturated rings. The molecule has 0 aliphatic carbocycles. The molecule has 0 saturated carbocycles. The Morgan fingerprint density at radius 2 is 1.84 bits per heavy atom. The van der Waals surface area contributed by atoms with Crippen LogP contribution in [0.4, 0.5) is 4.39 Å². The first kappa shape index (κ1) is 23.1. The topological polar surface area (TPSA) is 36.5 Å². The lowest BCUT2D eigenvalue weighted by atomic mass is 9.98. The second-order valence-corrected chi connectivity index (χ2v) is 8.94. The zero-order valence-electron chi connectivity index (χ0n) is 19.0. The van der Waals surface area contributed by atoms with Crippen LogP contribution in [-0.2, 0) is 13.1 Å². The Labute approximate surface area is 186 Å². The zero-order chi connectivity index (χ0) is 22.2. The molecule has 1 aliphatic rings. The summed E-state index contributed by atoms with van der Waals surface area (Å²) in [6.45, 7) is 14.0. The minimum Gasteiger partial charge on any atom is -0.493 e. The Hall–Kier alpha value is -2.53. The van der Waals surface area contributed by atoms with Crippen LogP contribution >= 0.6 is 0 Å². The molecule has 0 radical (unpaired) electrons. The molecule has 2 unspecified atom stereocenters. The number of rotatable bonds is 10. The fraction of sp³-hybridized carbons (Fsp3) is 0.462. The summed E-state index contributed by atoms with van der Waals surface area (Å²) in [5.41, 5.74) is 2.26. The summed E-state index contributed by atoms with van der Waals surface area (Å²) < 4.78 is 19.1. The van der Waals surface area contributed by atoms with Crippen LogP contribution in [0.3, 0.4) is 0 Å². The van der Waals surface area contributed by atoms with Gasteiger partial charge < -0.3 is 20.3 Å². The first-order valence-corrected chi connectivity index (χ1v) is 11.3. The molecule has 0 spiro atoms. The van der Waals surface area contributed by atoms with E-state index in [0.29, 0.717) is 31.1 Å². The van der Waals surface area contributed by atoms with Crippen molar-refractivity contribution in [2.24, 2.45) is 5.92 Å². The van der Waals surface area contributed by atoms with Crippen LogP contribution < -0.4 is 15.4 Å². The number of nitrogens with one attached hydrogen (secondary N) is 2. The van der Waals surface area contributed by atoms with Gasteiger partial charge >= 0.3 is 0 Å². The molecule has 1 saturated heterocycles. The zero-order valence-corrected chi connectivity index (χ0v) is 19.0. The highest BCUT2D eigenvalue weighted by atomic mass is 19.1. The molecule has 2 atom stereocenters. The second-order valence-electron chi connectivity index (χ2n) is 8.94. The maximum Gasteiger partial charge on any atom is 0.123 e. The molecule has 2 aromatic rings. The third-order valence-corrected chi connectivity index (χ3v) is 5.65. The molecule has 2 N–H and O–H groups in total. The molecule has 5 heteroatoms. The maximum atomic E-state index is 13.4. The number of halogens is 1. The number of piperidine rings is 1. The molecule has 31 heavy (non-hydrogen) atoms. The fourth-order valence-electron chi connectivity index (χ4n) is 3.89. The van der Waals surface area contributed by atoms with Crippen molar-refractivity contribution < 1.29 is 9.13 Å². The summed E-state index contributed by atoms with van der Waals surface area (Å²) in [7, 11) is 0. The third kappa shape index (κ3) is 7.28. The van der Waals surface area contributed by atoms with E-state index in [1.165, 1.54) is 17.7 Å². The van der Waals surface area contributed by atoms with Gasteiger partial charge in [-0.15, -0.1) is 0 Å². The highest BCUT2D eigenvalue weighted by Crippen LogP contribution is 2.22. The van der Waals surface area contributed by atoms with Gasteiger partial charge in [0.1, 0.15) is 11.6 Å². The van der Waals surface area contributed by atoms with Crippen molar-refractivity contribution in [1.29, 1.82) is 0 Å². The van der Waals surface area contributed by atoms with Crippen LogP contribution in [0.2, 0.25) is 0 Å². The number of nitrogens with zero attached hydrogens (tertiary/aromatic N) is 1. The van der Waals surface area contributed by atoms with Gasteiger partial charge in [-0.3, -0.25) is 0 Å². The quantitative estimate of drug-likeness (QED) is 0.558. The summed E-state index contributed by atoms with van der Waals surface area (Å²) in [4.78, 5) is 2.34. The number of hydrogen-bond donors (Lipinski definition) is 2. The lowest BCUT2D eigenvalue weighted by Crippen LogP contribution is -2.47. The van der Waals surface area contributed by atoms with Crippen molar-refractivity contribution in [3.05, 3.63) is 77.9 Å². The van der Waals surface area contributed by atoms with Crippen LogP contribution in [0.15, 0.2) is 60.9 Å². The van der Waals surface area contributed by atoms with Crippen molar-refractivity contribution in [3.8, 4) is 5.75 Å². The van der Waals surface area contributed by atoms with Gasteiger partial charge in [-0.25, -0.2) is 4.39 Å². The van der Waals surface area contributed by atoms with E-state index < -0.39 is 0 Å². The van der Waals surface area contributed by atoms with Crippen molar-refractivity contribution >= 4 is 0 Å². The minimum atomic E-state index is -0.205. The van der Waals surface area contributed by atoms with Crippen molar-refractivity contribution in [1.82, 2.24) is 15.5 Å². The second kappa shape index (κ2) is 11.2. The summed E-state index contributed by atoms with van der Waals surface area (Å²) in [6.07, 6.45) is 2.12. The van der Waals surface area contributed by atoms with Gasteiger partial charge in [-0.2, -0.15) is 0 Å². The standard InChI is InChI=1S/C26H36FN3O/c1-19(2)18-31-26-11-7-22(8-12-26)16-29-21(4)30(25-13-14-28-20(3)15-25)17-23-5-9-24(27)10-6-23/h5-12,19-20,25,28-29H,4,13-18H2,1-3H3. The van der Waals surface area contributed by atoms with E-state index in [4.69, 9.17) is 4.74 Å². The maximum absolute atomic E-state index is 13.4. The molecular weight excluding hydrogens is 389 g/mol. The van der Waals surface area contributed by atoms with E-state index in [1.807, 2.05) is 24.3 Å². The summed E-state index contributed by atoms with van der Waals surface area (Å²) in [5, 5.41) is 7.03. The monoisotopic (exact) mass is 425 g/mol. The number of ether oxygens (including phenoxy) is 1. The van der Waals surface area contributed by atoms with Crippen molar-refractivity contribution in [2.45, 2.75) is 58.8 Å². The molecule has 4 nitrogen and oxygen atoms in total. The van der Waals surface area contributed by atoms with Crippen LogP contribution in [0.5, 0.6) is 5.75 Å². The van der Waals surface area contributed by atoms with Gasteiger partial charge in [0, 0.05) is 25.2 Å². The lowest BCUT2D eigenvalue weighted by Gasteiger charge is -2.40. The predicted molar refractivity (Wildman–Crippen MR) is 125 cm³/mol. The molecular formula is C26H36FN3O. The normalized spacial score (nSPS) is 18.6. The van der Waals surface area contributed by atoms with Crippen LogP contribution in [0, 0.1) is 11.7 Å². The molecule has 1 aliphatic heterocycles. The van der Waals surface area contributed by atoms with Gasteiger partial charge in [0.15, 0.2) is 0 Å². The van der Waals surface area contributed by atoms with Gasteiger partial charge in [0.2, 0.25) is 0 Å². The largest absolute Gasteiger partial charge is 0.493 e. The Morgan fingerprint density at radius 1 is 1.16 bits per heavy atom. The first-order valence-electron chi connectivity index (χ1n) is 11.3. The Morgan fingerprint density at radius 3 is 2.48 bits per heavy atom. The Balaban J connectivity index is 1.62. The molecule has 0 amide bonds. The summed E-state index contributed by atoms with van der Waals surface area (Å²) in [5.74, 6) is 2.11. The summed E-state index contributed by atoms with van der Waals surface area (Å²) in [6, 6.07) is 15.9. The lowest BCUT2D eigenvalue weighted by molar-refractivity contribution is 0.170. The fourth-order valence-corrected chi connectivity index (χ4v) is 3.89. The van der Waals surface area contributed by atoms with E-state index in [9.17, 15) is 4.39 Å². The van der Waals surface area contributed by atoms with E-state index in [2.05, 4.69) is 55.0 Å². The number of benzene rings is 2. The van der Waals surface area contributed by atoms with E-state index >= 15 is 0 Å². The number of hydrogen-bond acceptors (Lipinski definition) is 4. The Kier molecular flexibility index (Phi) is 8.35. The SMILES string of the molecule is C=C(NCc1ccc(OCC(C)C)cc1)N(Cc1ccc(F)cc1)C1CCNC(C)C1. The first-order chi connectivity index (χ1) is 14.9. The van der Waals surface area contributed by atoms with E-state index in [1.54, 1.807) is 0 Å². The van der Waals surface area contributed by atoms with Crippen LogP contribution in [0.1, 0.15) is 44.7 Å². The molecule has 0 bridgehead atoms. The van der Waals surface area contributed by atoms with E-state index in [-0.39, 0.29) is 5.82 Å². The predicted octanol–water partition coefficient (Wildman–Crippen LogP) is 5.06. The van der Waals surface area contributed by atoms with Crippen molar-refractivity contribution in [3.63, 3.8) is 0 Å². The highest BCUT2D eigenvalue weighted by Gasteiger charge is 2.25. The van der Waals surface area contributed by atoms with Gasteiger partial charge in [-0.1, -0.05) is 44.7 Å². The average molecular weight is 426 g/mol. The minimum absolute atomic E-state index is 0.205. The van der Waals surface area contributed by atoms with Crippen LogP contribution in [-0.4, -0.2) is 30.1 Å². The Bertz CT molecular complexity index is 820. The molecule has 1 heterocycles. The van der Waals surface area contributed by atoms with E-state index in [0.717, 1.165) is 43.1 Å². The summed E-state index contributed by atoms with van der Waals surface area (Å²) >= 11 is 0.